The van der Waals surface area contributed by atoms with Crippen molar-refractivity contribution in [3.05, 3.63) is 0 Å². The first-order chi connectivity index (χ1) is 7.18. The lowest BCUT2D eigenvalue weighted by molar-refractivity contribution is 0.253. The predicted octanol–water partition coefficient (Wildman–Crippen LogP) is 1.14. The summed E-state index contributed by atoms with van der Waals surface area (Å²) in [5.74, 6) is 0. The van der Waals surface area contributed by atoms with Crippen molar-refractivity contribution in [2.75, 3.05) is 39.8 Å². The first kappa shape index (κ1) is 12.9. The van der Waals surface area contributed by atoms with Crippen LogP contribution in [0.3, 0.4) is 0 Å². The van der Waals surface area contributed by atoms with Crippen molar-refractivity contribution in [2.45, 2.75) is 38.6 Å². The summed E-state index contributed by atoms with van der Waals surface area (Å²) in [4.78, 5) is 5.00. The zero-order chi connectivity index (χ0) is 11.1. The van der Waals surface area contributed by atoms with Gasteiger partial charge in [0.2, 0.25) is 0 Å². The van der Waals surface area contributed by atoms with Gasteiger partial charge in [0.25, 0.3) is 0 Å². The number of likely N-dealkylation sites (tertiary alicyclic amines) is 1. The molecule has 1 aliphatic heterocycles. The third-order valence-electron chi connectivity index (χ3n) is 3.20. The molecule has 0 aliphatic carbocycles. The molecular formula is C12H27N3. The van der Waals surface area contributed by atoms with Crippen molar-refractivity contribution in [1.29, 1.82) is 0 Å². The Hall–Kier alpha value is -0.120. The molecule has 0 amide bonds. The van der Waals surface area contributed by atoms with Gasteiger partial charge in [-0.2, -0.15) is 0 Å². The number of rotatable bonds is 7. The Labute approximate surface area is 94.6 Å². The second-order valence-corrected chi connectivity index (χ2v) is 4.97. The van der Waals surface area contributed by atoms with Gasteiger partial charge >= 0.3 is 0 Å². The topological polar surface area (TPSA) is 32.5 Å². The van der Waals surface area contributed by atoms with Crippen molar-refractivity contribution in [2.24, 2.45) is 5.73 Å². The molecule has 1 atom stereocenters. The molecule has 3 nitrogen and oxygen atoms in total. The summed E-state index contributed by atoms with van der Waals surface area (Å²) in [6.07, 6.45) is 5.17. The molecule has 0 aromatic carbocycles. The summed E-state index contributed by atoms with van der Waals surface area (Å²) >= 11 is 0. The highest BCUT2D eigenvalue weighted by molar-refractivity contribution is 4.67. The molecule has 0 aromatic rings. The minimum atomic E-state index is 0.358. The van der Waals surface area contributed by atoms with E-state index in [2.05, 4.69) is 23.8 Å². The van der Waals surface area contributed by atoms with Crippen LogP contribution >= 0.6 is 0 Å². The van der Waals surface area contributed by atoms with Crippen molar-refractivity contribution < 1.29 is 0 Å². The van der Waals surface area contributed by atoms with Crippen LogP contribution in [0.2, 0.25) is 0 Å². The fraction of sp³-hybridized carbons (Fsp3) is 1.00. The summed E-state index contributed by atoms with van der Waals surface area (Å²) in [7, 11) is 2.22. The van der Waals surface area contributed by atoms with E-state index in [-0.39, 0.29) is 0 Å². The highest BCUT2D eigenvalue weighted by Crippen LogP contribution is 2.06. The van der Waals surface area contributed by atoms with Crippen molar-refractivity contribution >= 4 is 0 Å². The molecule has 0 radical (unpaired) electrons. The first-order valence-electron chi connectivity index (χ1n) is 6.35. The second-order valence-electron chi connectivity index (χ2n) is 4.97. The summed E-state index contributed by atoms with van der Waals surface area (Å²) in [5.41, 5.74) is 5.73. The molecule has 0 aromatic heterocycles. The van der Waals surface area contributed by atoms with Gasteiger partial charge in [-0.25, -0.2) is 0 Å². The molecule has 3 heteroatoms. The molecule has 1 fully saturated rings. The molecule has 0 spiro atoms. The number of nitrogens with zero attached hydrogens (tertiary/aromatic N) is 2. The fourth-order valence-electron chi connectivity index (χ4n) is 2.11. The normalized spacial score (nSPS) is 20.0. The molecule has 15 heavy (non-hydrogen) atoms. The number of likely N-dealkylation sites (N-methyl/N-ethyl adjacent to an activating group) is 1. The molecule has 0 saturated carbocycles. The molecule has 1 unspecified atom stereocenters. The quantitative estimate of drug-likeness (QED) is 0.688. The van der Waals surface area contributed by atoms with Crippen molar-refractivity contribution in [1.82, 2.24) is 9.80 Å². The molecule has 0 bridgehead atoms. The maximum atomic E-state index is 5.73. The lowest BCUT2D eigenvalue weighted by atomic mass is 10.2. The largest absolute Gasteiger partial charge is 0.328 e. The minimum absolute atomic E-state index is 0.358. The van der Waals surface area contributed by atoms with Gasteiger partial charge in [-0.05, 0) is 59.3 Å². The maximum Gasteiger partial charge on any atom is 0.0109 e. The van der Waals surface area contributed by atoms with Crippen molar-refractivity contribution in [3.63, 3.8) is 0 Å². The monoisotopic (exact) mass is 213 g/mol. The number of hydrogen-bond donors (Lipinski definition) is 1. The molecule has 1 heterocycles. The van der Waals surface area contributed by atoms with E-state index in [9.17, 15) is 0 Å². The molecular weight excluding hydrogens is 186 g/mol. The average molecular weight is 213 g/mol. The SMILES string of the molecule is CC(N)CCCN(C)CCN1CCCC1. The molecule has 1 rings (SSSR count). The number of hydrogen-bond acceptors (Lipinski definition) is 3. The Balaban J connectivity index is 1.95. The van der Waals surface area contributed by atoms with Gasteiger partial charge in [0.05, 0.1) is 0 Å². The zero-order valence-corrected chi connectivity index (χ0v) is 10.4. The average Bonchev–Trinajstić information content (AvgIpc) is 2.66. The van der Waals surface area contributed by atoms with Gasteiger partial charge < -0.3 is 15.5 Å². The van der Waals surface area contributed by atoms with Crippen LogP contribution < -0.4 is 5.73 Å². The standard InChI is InChI=1S/C12H27N3/c1-12(13)6-5-7-14(2)10-11-15-8-3-4-9-15/h12H,3-11,13H2,1-2H3. The Kier molecular flexibility index (Phi) is 6.22. The van der Waals surface area contributed by atoms with Crippen LogP contribution in [-0.4, -0.2) is 55.6 Å². The third-order valence-corrected chi connectivity index (χ3v) is 3.20. The Morgan fingerprint density at radius 3 is 2.53 bits per heavy atom. The smallest absolute Gasteiger partial charge is 0.0109 e. The lowest BCUT2D eigenvalue weighted by Crippen LogP contribution is -2.32. The summed E-state index contributed by atoms with van der Waals surface area (Å²) in [6, 6.07) is 0.358. The Bertz CT molecular complexity index is 153. The molecule has 1 saturated heterocycles. The van der Waals surface area contributed by atoms with Gasteiger partial charge in [-0.1, -0.05) is 0 Å². The van der Waals surface area contributed by atoms with Gasteiger partial charge in [0.15, 0.2) is 0 Å². The zero-order valence-electron chi connectivity index (χ0n) is 10.4. The van der Waals surface area contributed by atoms with Crippen LogP contribution in [0.15, 0.2) is 0 Å². The van der Waals surface area contributed by atoms with Crippen LogP contribution in [0.5, 0.6) is 0 Å². The second kappa shape index (κ2) is 7.20. The molecule has 2 N–H and O–H groups in total. The van der Waals surface area contributed by atoms with E-state index in [0.717, 1.165) is 6.42 Å². The molecule has 90 valence electrons. The lowest BCUT2D eigenvalue weighted by Gasteiger charge is -2.21. The predicted molar refractivity (Wildman–Crippen MR) is 66.1 cm³/mol. The van der Waals surface area contributed by atoms with Crippen LogP contribution in [0.4, 0.5) is 0 Å². The van der Waals surface area contributed by atoms with E-state index in [0.29, 0.717) is 6.04 Å². The van der Waals surface area contributed by atoms with E-state index in [4.69, 9.17) is 5.73 Å². The van der Waals surface area contributed by atoms with Gasteiger partial charge in [-0.15, -0.1) is 0 Å². The van der Waals surface area contributed by atoms with Crippen molar-refractivity contribution in [3.8, 4) is 0 Å². The fourth-order valence-corrected chi connectivity index (χ4v) is 2.11. The van der Waals surface area contributed by atoms with Gasteiger partial charge in [0, 0.05) is 19.1 Å². The highest BCUT2D eigenvalue weighted by Gasteiger charge is 2.11. The summed E-state index contributed by atoms with van der Waals surface area (Å²) in [5, 5.41) is 0. The van der Waals surface area contributed by atoms with Crippen LogP contribution in [0.25, 0.3) is 0 Å². The summed E-state index contributed by atoms with van der Waals surface area (Å²) in [6.45, 7) is 8.36. The van der Waals surface area contributed by atoms with E-state index in [1.165, 1.54) is 52.0 Å². The first-order valence-corrected chi connectivity index (χ1v) is 6.35. The summed E-state index contributed by atoms with van der Waals surface area (Å²) < 4.78 is 0. The van der Waals surface area contributed by atoms with E-state index < -0.39 is 0 Å². The number of nitrogens with two attached hydrogens (primary N) is 1. The van der Waals surface area contributed by atoms with E-state index >= 15 is 0 Å². The van der Waals surface area contributed by atoms with Gasteiger partial charge in [-0.3, -0.25) is 0 Å². The van der Waals surface area contributed by atoms with Gasteiger partial charge in [0.1, 0.15) is 0 Å². The van der Waals surface area contributed by atoms with Crippen LogP contribution in [-0.2, 0) is 0 Å². The molecule has 1 aliphatic rings. The maximum absolute atomic E-state index is 5.73. The minimum Gasteiger partial charge on any atom is -0.328 e. The Morgan fingerprint density at radius 1 is 1.27 bits per heavy atom. The van der Waals surface area contributed by atoms with Crippen LogP contribution in [0, 0.1) is 0 Å². The van der Waals surface area contributed by atoms with E-state index in [1.54, 1.807) is 0 Å². The highest BCUT2D eigenvalue weighted by atomic mass is 15.2. The van der Waals surface area contributed by atoms with Crippen LogP contribution in [0.1, 0.15) is 32.6 Å². The van der Waals surface area contributed by atoms with E-state index in [1.807, 2.05) is 0 Å². The Morgan fingerprint density at radius 2 is 1.93 bits per heavy atom. The third kappa shape index (κ3) is 6.13.